The molecule has 0 radical (unpaired) electrons. The number of rotatable bonds is 2. The topological polar surface area (TPSA) is 0 Å². The second-order valence-electron chi connectivity index (χ2n) is 2.22. The summed E-state index contributed by atoms with van der Waals surface area (Å²) < 4.78 is -0.561. The summed E-state index contributed by atoms with van der Waals surface area (Å²) in [6.45, 7) is 6.94. The first-order chi connectivity index (χ1) is 3.62. The van der Waals surface area contributed by atoms with Crippen LogP contribution in [-0.2, 0) is 17.6 Å². The van der Waals surface area contributed by atoms with E-state index in [2.05, 4.69) is 20.3 Å². The van der Waals surface area contributed by atoms with E-state index in [4.69, 9.17) is 9.19 Å². The number of hydrogen-bond donors (Lipinski definition) is 0. The van der Waals surface area contributed by atoms with Gasteiger partial charge in [0, 0.05) is 0 Å². The van der Waals surface area contributed by atoms with Crippen molar-refractivity contribution >= 4 is 13.9 Å². The molecular formula is C5H13AuClP. The molecule has 0 aliphatic carbocycles. The molecule has 0 heterocycles. The van der Waals surface area contributed by atoms with Crippen LogP contribution in [0.3, 0.4) is 0 Å². The van der Waals surface area contributed by atoms with Gasteiger partial charge in [-0.25, -0.2) is 0 Å². The molecule has 0 fully saturated rings. The first-order valence-corrected chi connectivity index (χ1v) is 10.9. The van der Waals surface area contributed by atoms with Gasteiger partial charge in [0.2, 0.25) is 0 Å². The van der Waals surface area contributed by atoms with Gasteiger partial charge in [-0.2, -0.15) is 0 Å². The summed E-state index contributed by atoms with van der Waals surface area (Å²) in [7, 11) is 5.82. The molecule has 0 aliphatic heterocycles. The molecule has 0 bridgehead atoms. The summed E-state index contributed by atoms with van der Waals surface area (Å²) in [4.78, 5) is 0. The van der Waals surface area contributed by atoms with Crippen LogP contribution in [0.5, 0.6) is 0 Å². The van der Waals surface area contributed by atoms with Gasteiger partial charge in [-0.05, 0) is 0 Å². The van der Waals surface area contributed by atoms with E-state index in [0.29, 0.717) is 0 Å². The molecule has 0 unspecified atom stereocenters. The molecule has 0 aromatic rings. The van der Waals surface area contributed by atoms with Crippen molar-refractivity contribution in [3.05, 3.63) is 0 Å². The van der Waals surface area contributed by atoms with Crippen molar-refractivity contribution in [2.45, 2.75) is 13.3 Å². The molecule has 0 saturated heterocycles. The summed E-state index contributed by atoms with van der Waals surface area (Å²) in [6, 6.07) is 0. The second-order valence-corrected chi connectivity index (χ2v) is 17.1. The maximum atomic E-state index is 5.82. The molecule has 0 saturated carbocycles. The van der Waals surface area contributed by atoms with Crippen LogP contribution in [0.1, 0.15) is 13.3 Å². The fourth-order valence-electron chi connectivity index (χ4n) is 0.540. The Bertz CT molecular complexity index is 105. The van der Waals surface area contributed by atoms with E-state index in [9.17, 15) is 0 Å². The van der Waals surface area contributed by atoms with Gasteiger partial charge in [0.05, 0.1) is 0 Å². The van der Waals surface area contributed by atoms with Gasteiger partial charge >= 0.3 is 64.4 Å². The third kappa shape index (κ3) is 4.35. The van der Waals surface area contributed by atoms with Gasteiger partial charge in [0.15, 0.2) is 0 Å². The van der Waals surface area contributed by atoms with E-state index in [-0.39, 0.29) is 17.6 Å². The van der Waals surface area contributed by atoms with Gasteiger partial charge < -0.3 is 0 Å². The zero-order chi connectivity index (χ0) is 6.62. The van der Waals surface area contributed by atoms with E-state index < -0.39 is 4.69 Å². The van der Waals surface area contributed by atoms with Crippen molar-refractivity contribution in [3.63, 3.8) is 0 Å². The molecule has 0 nitrogen and oxygen atoms in total. The molecular weight excluding hydrogens is 323 g/mol. The minimum absolute atomic E-state index is 0.137. The van der Waals surface area contributed by atoms with Crippen molar-refractivity contribution < 1.29 is 17.6 Å². The Labute approximate surface area is 64.3 Å². The second kappa shape index (κ2) is 4.30. The SMILES string of the molecule is CCC[P](C)(C)=[Au][Cl]. The standard InChI is InChI=1S/C5H13P.Au.ClH/c1-4-5-6(2)3;;/h4-5H2,1-3H3;;1H/q;+1;/p-1. The molecule has 3 heteroatoms. The van der Waals surface area contributed by atoms with Crippen LogP contribution >= 0.6 is 13.9 Å². The quantitative estimate of drug-likeness (QED) is 0.537. The number of hydrogen-bond acceptors (Lipinski definition) is 0. The van der Waals surface area contributed by atoms with E-state index in [1.807, 2.05) is 0 Å². The van der Waals surface area contributed by atoms with Gasteiger partial charge in [0.1, 0.15) is 0 Å². The summed E-state index contributed by atoms with van der Waals surface area (Å²) >= 11 is 0.137. The molecule has 0 aliphatic rings. The Hall–Kier alpha value is 1.46. The Morgan fingerprint density at radius 2 is 2.00 bits per heavy atom. The van der Waals surface area contributed by atoms with Crippen LogP contribution in [0.15, 0.2) is 0 Å². The third-order valence-corrected chi connectivity index (χ3v) is 13.8. The summed E-state index contributed by atoms with van der Waals surface area (Å²) in [5.41, 5.74) is 0. The summed E-state index contributed by atoms with van der Waals surface area (Å²) in [5.74, 6) is 0. The Balaban J connectivity index is 3.74. The minimum atomic E-state index is -0.561. The van der Waals surface area contributed by atoms with E-state index in [1.165, 1.54) is 12.6 Å². The van der Waals surface area contributed by atoms with Crippen molar-refractivity contribution in [1.82, 2.24) is 0 Å². The average molecular weight is 337 g/mol. The molecule has 0 amide bonds. The third-order valence-electron chi connectivity index (χ3n) is 0.876. The molecule has 0 atom stereocenters. The molecule has 0 aromatic carbocycles. The van der Waals surface area contributed by atoms with Crippen molar-refractivity contribution in [2.24, 2.45) is 0 Å². The first-order valence-electron chi connectivity index (χ1n) is 2.67. The van der Waals surface area contributed by atoms with Crippen molar-refractivity contribution in [3.8, 4) is 0 Å². The molecule has 56 valence electrons. The molecule has 0 spiro atoms. The predicted octanol–water partition coefficient (Wildman–Crippen LogP) is 2.82. The Morgan fingerprint density at radius 1 is 1.50 bits per heavy atom. The summed E-state index contributed by atoms with van der Waals surface area (Å²) in [6.07, 6.45) is 2.70. The molecule has 0 N–H and O–H groups in total. The predicted molar refractivity (Wildman–Crippen MR) is 39.8 cm³/mol. The summed E-state index contributed by atoms with van der Waals surface area (Å²) in [5, 5.41) is 0. The fourth-order valence-corrected chi connectivity index (χ4v) is 4.87. The zero-order valence-electron chi connectivity index (χ0n) is 5.54. The first kappa shape index (κ1) is 9.46. The fraction of sp³-hybridized carbons (Fsp3) is 1.00. The van der Waals surface area contributed by atoms with E-state index >= 15 is 0 Å². The van der Waals surface area contributed by atoms with Gasteiger partial charge in [-0.1, -0.05) is 0 Å². The van der Waals surface area contributed by atoms with Gasteiger partial charge in [0.25, 0.3) is 0 Å². The van der Waals surface area contributed by atoms with Crippen molar-refractivity contribution in [2.75, 3.05) is 19.5 Å². The normalized spacial score (nSPS) is 12.5. The van der Waals surface area contributed by atoms with Crippen LogP contribution < -0.4 is 0 Å². The van der Waals surface area contributed by atoms with Crippen LogP contribution in [0.4, 0.5) is 0 Å². The number of halogens is 1. The monoisotopic (exact) mass is 336 g/mol. The molecule has 8 heavy (non-hydrogen) atoms. The molecule has 0 rings (SSSR count). The zero-order valence-corrected chi connectivity index (χ0v) is 9.36. The van der Waals surface area contributed by atoms with E-state index in [0.717, 1.165) is 0 Å². The van der Waals surface area contributed by atoms with Crippen LogP contribution in [0, 0.1) is 0 Å². The van der Waals surface area contributed by atoms with Gasteiger partial charge in [-0.3, -0.25) is 0 Å². The Morgan fingerprint density at radius 3 is 2.12 bits per heavy atom. The van der Waals surface area contributed by atoms with Crippen LogP contribution in [0.25, 0.3) is 0 Å². The van der Waals surface area contributed by atoms with E-state index in [1.54, 1.807) is 0 Å². The van der Waals surface area contributed by atoms with Crippen molar-refractivity contribution in [1.29, 1.82) is 0 Å². The van der Waals surface area contributed by atoms with Crippen LogP contribution in [0.2, 0.25) is 0 Å². The van der Waals surface area contributed by atoms with Gasteiger partial charge in [-0.15, -0.1) is 0 Å². The average Bonchev–Trinajstić information content (AvgIpc) is 1.67. The maximum absolute atomic E-state index is 5.82. The Kier molecular flexibility index (Phi) is 5.09. The van der Waals surface area contributed by atoms with Crippen LogP contribution in [-0.4, -0.2) is 19.5 Å². The molecule has 0 aromatic heterocycles.